The van der Waals surface area contributed by atoms with E-state index in [0.29, 0.717) is 36.5 Å². The maximum atomic E-state index is 11.9. The van der Waals surface area contributed by atoms with Gasteiger partial charge in [-0.2, -0.15) is 0 Å². The number of amides is 2. The summed E-state index contributed by atoms with van der Waals surface area (Å²) in [6.45, 7) is 7.15. The van der Waals surface area contributed by atoms with Crippen LogP contribution in [0.15, 0.2) is 11.2 Å². The molecule has 1 aliphatic heterocycles. The summed E-state index contributed by atoms with van der Waals surface area (Å²) in [4.78, 5) is 37.6. The number of halogens is 1. The summed E-state index contributed by atoms with van der Waals surface area (Å²) in [7, 11) is 4.08. The summed E-state index contributed by atoms with van der Waals surface area (Å²) >= 11 is 7.43. The molecule has 10 heteroatoms. The highest BCUT2D eigenvalue weighted by atomic mass is 35.5. The lowest BCUT2D eigenvalue weighted by molar-refractivity contribution is -0.856. The maximum absolute atomic E-state index is 11.9. The molecule has 2 rings (SSSR count). The van der Waals surface area contributed by atoms with E-state index in [2.05, 4.69) is 20.2 Å². The van der Waals surface area contributed by atoms with Gasteiger partial charge < -0.3 is 20.0 Å². The van der Waals surface area contributed by atoms with Crippen molar-refractivity contribution in [3.63, 3.8) is 0 Å². The van der Waals surface area contributed by atoms with Crippen LogP contribution in [0, 0.1) is 0 Å². The number of thioether (sulfide) groups is 1. The van der Waals surface area contributed by atoms with E-state index >= 15 is 0 Å². The number of nitrogens with zero attached hydrogens (tertiary/aromatic N) is 4. The number of carbonyl (C=O) groups is 2. The molecular formula is C17H28ClN6O2S+. The monoisotopic (exact) mass is 415 g/mol. The van der Waals surface area contributed by atoms with E-state index in [4.69, 9.17) is 11.6 Å². The van der Waals surface area contributed by atoms with Crippen LogP contribution >= 0.6 is 23.4 Å². The highest BCUT2D eigenvalue weighted by molar-refractivity contribution is 7.99. The van der Waals surface area contributed by atoms with Crippen LogP contribution in [-0.2, 0) is 9.59 Å². The molecule has 0 saturated carbocycles. The lowest BCUT2D eigenvalue weighted by Crippen LogP contribution is -3.06. The highest BCUT2D eigenvalue weighted by Gasteiger charge is 2.26. The van der Waals surface area contributed by atoms with E-state index in [1.54, 1.807) is 13.0 Å². The normalized spacial score (nSPS) is 17.3. The fraction of sp³-hybridized carbons (Fsp3) is 0.647. The van der Waals surface area contributed by atoms with Crippen molar-refractivity contribution in [1.29, 1.82) is 0 Å². The second-order valence-electron chi connectivity index (χ2n) is 6.93. The largest absolute Gasteiger partial charge is 0.353 e. The number of aromatic nitrogens is 2. The highest BCUT2D eigenvalue weighted by Crippen LogP contribution is 2.24. The Kier molecular flexibility index (Phi) is 8.12. The number of anilines is 1. The molecule has 0 radical (unpaired) electrons. The van der Waals surface area contributed by atoms with Crippen LogP contribution < -0.4 is 15.1 Å². The Morgan fingerprint density at radius 3 is 2.74 bits per heavy atom. The molecule has 27 heavy (non-hydrogen) atoms. The van der Waals surface area contributed by atoms with Crippen LogP contribution in [-0.4, -0.2) is 85.3 Å². The van der Waals surface area contributed by atoms with Gasteiger partial charge in [-0.25, -0.2) is 9.97 Å². The lowest BCUT2D eigenvalue weighted by Gasteiger charge is -2.40. The van der Waals surface area contributed by atoms with Gasteiger partial charge in [0.2, 0.25) is 11.8 Å². The third kappa shape index (κ3) is 6.82. The Labute approximate surface area is 169 Å². The van der Waals surface area contributed by atoms with E-state index < -0.39 is 0 Å². The van der Waals surface area contributed by atoms with E-state index in [0.717, 1.165) is 12.4 Å². The van der Waals surface area contributed by atoms with Crippen LogP contribution in [0.4, 0.5) is 5.82 Å². The molecule has 0 bridgehead atoms. The molecule has 150 valence electrons. The molecule has 1 aliphatic rings. The van der Waals surface area contributed by atoms with Gasteiger partial charge >= 0.3 is 0 Å². The van der Waals surface area contributed by atoms with E-state index in [1.165, 1.54) is 16.7 Å². The standard InChI is InChI=1S/C17H27ClN6O2S/c1-12-10-23(7-8-24(12)13(2)25)15-9-14(18)20-17(21-15)27-11-16(26)19-5-6-22(3)4/h9,12H,5-8,10-11H2,1-4H3,(H,19,26)/p+1/t12-/m0/s1. The van der Waals surface area contributed by atoms with Gasteiger partial charge in [-0.1, -0.05) is 23.4 Å². The second-order valence-corrected chi connectivity index (χ2v) is 8.26. The number of carbonyl (C=O) groups excluding carboxylic acids is 2. The summed E-state index contributed by atoms with van der Waals surface area (Å²) in [6, 6.07) is 1.83. The minimum absolute atomic E-state index is 0.0462. The van der Waals surface area contributed by atoms with Crippen molar-refractivity contribution in [2.75, 3.05) is 57.5 Å². The molecule has 2 N–H and O–H groups in total. The van der Waals surface area contributed by atoms with Crippen LogP contribution in [0.2, 0.25) is 5.15 Å². The first-order chi connectivity index (χ1) is 12.8. The third-order valence-electron chi connectivity index (χ3n) is 4.30. The predicted molar refractivity (Wildman–Crippen MR) is 108 cm³/mol. The average Bonchev–Trinajstić information content (AvgIpc) is 2.58. The fourth-order valence-corrected chi connectivity index (χ4v) is 3.79. The quantitative estimate of drug-likeness (QED) is 0.356. The number of hydrogen-bond acceptors (Lipinski definition) is 6. The van der Waals surface area contributed by atoms with Crippen LogP contribution in [0.25, 0.3) is 0 Å². The molecule has 1 fully saturated rings. The zero-order valence-electron chi connectivity index (χ0n) is 16.3. The summed E-state index contributed by atoms with van der Waals surface area (Å²) in [6.07, 6.45) is 0. The summed E-state index contributed by atoms with van der Waals surface area (Å²) in [5.74, 6) is 1.01. The molecule has 2 heterocycles. The minimum Gasteiger partial charge on any atom is -0.353 e. The fourth-order valence-electron chi connectivity index (χ4n) is 2.88. The van der Waals surface area contributed by atoms with Crippen molar-refractivity contribution >= 4 is 41.0 Å². The molecule has 0 aliphatic carbocycles. The van der Waals surface area contributed by atoms with Crippen LogP contribution in [0.1, 0.15) is 13.8 Å². The van der Waals surface area contributed by atoms with E-state index in [1.807, 2.05) is 25.9 Å². The van der Waals surface area contributed by atoms with Gasteiger partial charge in [0.15, 0.2) is 5.16 Å². The first-order valence-electron chi connectivity index (χ1n) is 9.01. The molecule has 0 unspecified atom stereocenters. The Balaban J connectivity index is 1.94. The molecule has 0 aromatic carbocycles. The molecule has 1 aromatic heterocycles. The Morgan fingerprint density at radius 2 is 2.11 bits per heavy atom. The number of hydrogen-bond donors (Lipinski definition) is 2. The first-order valence-corrected chi connectivity index (χ1v) is 10.4. The average molecular weight is 416 g/mol. The van der Waals surface area contributed by atoms with Crippen molar-refractivity contribution in [3.8, 4) is 0 Å². The van der Waals surface area contributed by atoms with Crippen molar-refractivity contribution in [1.82, 2.24) is 20.2 Å². The van der Waals surface area contributed by atoms with E-state index in [9.17, 15) is 9.59 Å². The van der Waals surface area contributed by atoms with Crippen LogP contribution in [0.5, 0.6) is 0 Å². The van der Waals surface area contributed by atoms with Gasteiger partial charge in [0.25, 0.3) is 0 Å². The van der Waals surface area contributed by atoms with Gasteiger partial charge in [0, 0.05) is 38.7 Å². The van der Waals surface area contributed by atoms with Crippen molar-refractivity contribution in [3.05, 3.63) is 11.2 Å². The molecule has 1 aromatic rings. The van der Waals surface area contributed by atoms with Gasteiger partial charge in [0.1, 0.15) is 11.0 Å². The lowest BCUT2D eigenvalue weighted by atomic mass is 10.2. The summed E-state index contributed by atoms with van der Waals surface area (Å²) in [5, 5.41) is 3.71. The topological polar surface area (TPSA) is 82.9 Å². The number of nitrogens with one attached hydrogen (secondary N) is 2. The smallest absolute Gasteiger partial charge is 0.230 e. The van der Waals surface area contributed by atoms with Crippen LogP contribution in [0.3, 0.4) is 0 Å². The summed E-state index contributed by atoms with van der Waals surface area (Å²) < 4.78 is 0. The van der Waals surface area contributed by atoms with Gasteiger partial charge in [-0.05, 0) is 6.92 Å². The minimum atomic E-state index is -0.0462. The summed E-state index contributed by atoms with van der Waals surface area (Å²) in [5.41, 5.74) is 0. The van der Waals surface area contributed by atoms with Crippen molar-refractivity contribution in [2.45, 2.75) is 25.0 Å². The predicted octanol–water partition coefficient (Wildman–Crippen LogP) is -0.460. The van der Waals surface area contributed by atoms with Gasteiger partial charge in [0.05, 0.1) is 32.9 Å². The van der Waals surface area contributed by atoms with Gasteiger partial charge in [-0.15, -0.1) is 0 Å². The Bertz CT molecular complexity index is 675. The molecule has 0 spiro atoms. The number of rotatable bonds is 7. The Hall–Kier alpha value is -1.58. The first kappa shape index (κ1) is 21.7. The van der Waals surface area contributed by atoms with Crippen molar-refractivity contribution < 1.29 is 14.5 Å². The van der Waals surface area contributed by atoms with Crippen molar-refractivity contribution in [2.24, 2.45) is 0 Å². The molecule has 2 amide bonds. The third-order valence-corrected chi connectivity index (χ3v) is 5.34. The number of quaternary nitrogens is 1. The zero-order chi connectivity index (χ0) is 20.0. The number of piperazine rings is 1. The molecule has 8 nitrogen and oxygen atoms in total. The Morgan fingerprint density at radius 1 is 1.37 bits per heavy atom. The van der Waals surface area contributed by atoms with Gasteiger partial charge in [-0.3, -0.25) is 9.59 Å². The second kappa shape index (κ2) is 10.1. The zero-order valence-corrected chi connectivity index (χ0v) is 17.9. The molecular weight excluding hydrogens is 388 g/mol. The number of likely N-dealkylation sites (N-methyl/N-ethyl adjacent to an activating group) is 1. The SMILES string of the molecule is CC(=O)N1CCN(c2cc(Cl)nc(SCC(=O)NCC[NH+](C)C)n2)C[C@@H]1C. The maximum Gasteiger partial charge on any atom is 0.230 e. The molecule has 1 atom stereocenters. The van der Waals surface area contributed by atoms with E-state index in [-0.39, 0.29) is 23.6 Å². The molecule has 1 saturated heterocycles.